The van der Waals surface area contributed by atoms with Crippen molar-refractivity contribution in [3.05, 3.63) is 107 Å². The van der Waals surface area contributed by atoms with Gasteiger partial charge in [0.15, 0.2) is 0 Å². The van der Waals surface area contributed by atoms with Crippen LogP contribution in [-0.2, 0) is 20.0 Å². The molecule has 4 rings (SSSR count). The largest absolute Gasteiger partial charge is 0.387 e. The number of aliphatic hydroxyl groups excluding tert-OH is 1. The summed E-state index contributed by atoms with van der Waals surface area (Å²) in [5.41, 5.74) is 4.71. The summed E-state index contributed by atoms with van der Waals surface area (Å²) in [6, 6.07) is 27.8. The van der Waals surface area contributed by atoms with Gasteiger partial charge in [-0.2, -0.15) is 0 Å². The summed E-state index contributed by atoms with van der Waals surface area (Å²) < 4.78 is 1.93. The summed E-state index contributed by atoms with van der Waals surface area (Å²) >= 11 is 0. The van der Waals surface area contributed by atoms with Crippen LogP contribution >= 0.6 is 0 Å². The van der Waals surface area contributed by atoms with Gasteiger partial charge in [0.25, 0.3) is 5.91 Å². The van der Waals surface area contributed by atoms with Crippen molar-refractivity contribution in [2.75, 3.05) is 6.54 Å². The first-order valence-electron chi connectivity index (χ1n) is 10.7. The molecule has 0 saturated carbocycles. The quantitative estimate of drug-likeness (QED) is 0.458. The van der Waals surface area contributed by atoms with Crippen molar-refractivity contribution in [2.45, 2.75) is 26.0 Å². The Morgan fingerprint density at radius 2 is 1.61 bits per heavy atom. The highest BCUT2D eigenvalue weighted by Crippen LogP contribution is 2.23. The number of aromatic nitrogens is 1. The number of hydrogen-bond acceptors (Lipinski definition) is 2. The van der Waals surface area contributed by atoms with E-state index in [2.05, 4.69) is 6.92 Å². The van der Waals surface area contributed by atoms with E-state index in [-0.39, 0.29) is 12.5 Å². The van der Waals surface area contributed by atoms with Gasteiger partial charge in [-0.1, -0.05) is 79.7 Å². The van der Waals surface area contributed by atoms with Gasteiger partial charge in [-0.05, 0) is 35.2 Å². The minimum absolute atomic E-state index is 0.0909. The molecule has 0 aliphatic rings. The zero-order valence-corrected chi connectivity index (χ0v) is 18.0. The third-order valence-electron chi connectivity index (χ3n) is 5.84. The highest BCUT2D eigenvalue weighted by atomic mass is 16.3. The number of aliphatic hydroxyl groups is 1. The van der Waals surface area contributed by atoms with Crippen LogP contribution < -0.4 is 0 Å². The van der Waals surface area contributed by atoms with E-state index in [9.17, 15) is 9.90 Å². The van der Waals surface area contributed by atoms with Gasteiger partial charge in [0, 0.05) is 24.5 Å². The van der Waals surface area contributed by atoms with Crippen LogP contribution in [0.25, 0.3) is 10.9 Å². The molecule has 0 radical (unpaired) electrons. The number of aryl methyl sites for hydroxylation is 2. The Hall–Kier alpha value is -3.37. The molecule has 1 heterocycles. The first kappa shape index (κ1) is 20.9. The van der Waals surface area contributed by atoms with E-state index in [1.165, 1.54) is 5.56 Å². The number of benzene rings is 3. The van der Waals surface area contributed by atoms with Gasteiger partial charge < -0.3 is 14.6 Å². The Morgan fingerprint density at radius 3 is 2.29 bits per heavy atom. The monoisotopic (exact) mass is 412 g/mol. The maximum atomic E-state index is 13.6. The Kier molecular flexibility index (Phi) is 6.19. The number of rotatable bonds is 7. The highest BCUT2D eigenvalue weighted by molar-refractivity contribution is 5.98. The third kappa shape index (κ3) is 4.54. The molecule has 3 aromatic carbocycles. The maximum Gasteiger partial charge on any atom is 0.270 e. The van der Waals surface area contributed by atoms with Gasteiger partial charge in [-0.25, -0.2) is 0 Å². The summed E-state index contributed by atoms with van der Waals surface area (Å²) in [5.74, 6) is -0.0909. The number of carbonyl (C=O) groups excluding carboxylic acids is 1. The summed E-state index contributed by atoms with van der Waals surface area (Å²) in [4.78, 5) is 15.3. The molecule has 31 heavy (non-hydrogen) atoms. The zero-order chi connectivity index (χ0) is 21.8. The van der Waals surface area contributed by atoms with E-state index < -0.39 is 6.10 Å². The second kappa shape index (κ2) is 9.19. The number of nitrogens with zero attached hydrogens (tertiary/aromatic N) is 2. The fourth-order valence-electron chi connectivity index (χ4n) is 3.97. The van der Waals surface area contributed by atoms with Crippen LogP contribution in [0.4, 0.5) is 0 Å². The topological polar surface area (TPSA) is 45.5 Å². The van der Waals surface area contributed by atoms with E-state index in [0.29, 0.717) is 12.2 Å². The molecular formula is C27H28N2O2. The molecule has 1 atom stereocenters. The van der Waals surface area contributed by atoms with Crippen molar-refractivity contribution in [1.29, 1.82) is 0 Å². The van der Waals surface area contributed by atoms with Gasteiger partial charge in [0.1, 0.15) is 5.69 Å². The standard InChI is InChI=1S/C27H28N2O2/c1-3-20-13-15-22(16-14-20)26(30)19-29(18-21-9-5-4-6-10-21)27(31)25-17-23-11-7-8-12-24(23)28(25)2/h4-17,26,30H,3,18-19H2,1-2H3. The van der Waals surface area contributed by atoms with Crippen LogP contribution in [0.5, 0.6) is 0 Å². The summed E-state index contributed by atoms with van der Waals surface area (Å²) in [6.07, 6.45) is 0.198. The van der Waals surface area contributed by atoms with E-state index >= 15 is 0 Å². The smallest absolute Gasteiger partial charge is 0.270 e. The Morgan fingerprint density at radius 1 is 0.935 bits per heavy atom. The molecule has 1 unspecified atom stereocenters. The fraction of sp³-hybridized carbons (Fsp3) is 0.222. The highest BCUT2D eigenvalue weighted by Gasteiger charge is 2.23. The lowest BCUT2D eigenvalue weighted by Gasteiger charge is -2.26. The van der Waals surface area contributed by atoms with Crippen molar-refractivity contribution in [1.82, 2.24) is 9.47 Å². The molecule has 4 heteroatoms. The van der Waals surface area contributed by atoms with Gasteiger partial charge in [0.2, 0.25) is 0 Å². The van der Waals surface area contributed by atoms with Crippen molar-refractivity contribution >= 4 is 16.8 Å². The molecule has 0 spiro atoms. The first-order valence-corrected chi connectivity index (χ1v) is 10.7. The number of fused-ring (bicyclic) bond motifs is 1. The van der Waals surface area contributed by atoms with Crippen LogP contribution in [0.1, 0.15) is 40.2 Å². The number of para-hydroxylation sites is 1. The maximum absolute atomic E-state index is 13.6. The summed E-state index contributed by atoms with van der Waals surface area (Å²) in [5, 5.41) is 12.0. The van der Waals surface area contributed by atoms with Crippen LogP contribution in [0.3, 0.4) is 0 Å². The minimum Gasteiger partial charge on any atom is -0.387 e. The van der Waals surface area contributed by atoms with E-state index in [1.54, 1.807) is 4.90 Å². The number of amides is 1. The van der Waals surface area contributed by atoms with Gasteiger partial charge >= 0.3 is 0 Å². The lowest BCUT2D eigenvalue weighted by molar-refractivity contribution is 0.0595. The van der Waals surface area contributed by atoms with Gasteiger partial charge in [-0.3, -0.25) is 4.79 Å². The molecule has 4 aromatic rings. The zero-order valence-electron chi connectivity index (χ0n) is 18.0. The predicted octanol–water partition coefficient (Wildman–Crippen LogP) is 5.12. The number of carbonyl (C=O) groups is 1. The SMILES string of the molecule is CCc1ccc(C(O)CN(Cc2ccccc2)C(=O)c2cc3ccccc3n2C)cc1. The van der Waals surface area contributed by atoms with Crippen LogP contribution in [0.2, 0.25) is 0 Å². The normalized spacial score (nSPS) is 12.1. The molecule has 1 N–H and O–H groups in total. The van der Waals surface area contributed by atoms with Crippen LogP contribution in [0.15, 0.2) is 84.9 Å². The molecule has 1 aromatic heterocycles. The molecule has 0 bridgehead atoms. The summed E-state index contributed by atoms with van der Waals surface area (Å²) in [7, 11) is 1.91. The first-order chi connectivity index (χ1) is 15.1. The van der Waals surface area contributed by atoms with Crippen molar-refractivity contribution < 1.29 is 9.90 Å². The second-order valence-corrected chi connectivity index (χ2v) is 7.93. The van der Waals surface area contributed by atoms with Gasteiger partial charge in [-0.15, -0.1) is 0 Å². The molecule has 0 fully saturated rings. The van der Waals surface area contributed by atoms with Crippen molar-refractivity contribution in [2.24, 2.45) is 7.05 Å². The molecule has 158 valence electrons. The summed E-state index contributed by atoms with van der Waals surface area (Å²) in [6.45, 7) is 2.77. The Labute approximate surface area is 183 Å². The molecule has 0 aliphatic heterocycles. The molecular weight excluding hydrogens is 384 g/mol. The van der Waals surface area contributed by atoms with Gasteiger partial charge in [0.05, 0.1) is 12.6 Å². The molecule has 4 nitrogen and oxygen atoms in total. The molecule has 0 saturated heterocycles. The average molecular weight is 413 g/mol. The van der Waals surface area contributed by atoms with Crippen LogP contribution in [-0.4, -0.2) is 27.0 Å². The Bertz CT molecular complexity index is 1160. The van der Waals surface area contributed by atoms with E-state index in [1.807, 2.05) is 96.5 Å². The molecule has 0 aliphatic carbocycles. The lowest BCUT2D eigenvalue weighted by atomic mass is 10.0. The lowest BCUT2D eigenvalue weighted by Crippen LogP contribution is -2.35. The van der Waals surface area contributed by atoms with Crippen molar-refractivity contribution in [3.63, 3.8) is 0 Å². The third-order valence-corrected chi connectivity index (χ3v) is 5.84. The van der Waals surface area contributed by atoms with E-state index in [0.717, 1.165) is 28.5 Å². The minimum atomic E-state index is -0.756. The molecule has 1 amide bonds. The van der Waals surface area contributed by atoms with E-state index in [4.69, 9.17) is 0 Å². The second-order valence-electron chi connectivity index (χ2n) is 7.93. The predicted molar refractivity (Wildman–Crippen MR) is 125 cm³/mol. The van der Waals surface area contributed by atoms with Crippen LogP contribution in [0, 0.1) is 0 Å². The number of hydrogen-bond donors (Lipinski definition) is 1. The average Bonchev–Trinajstić information content (AvgIpc) is 3.15. The Balaban J connectivity index is 1.64. The fourth-order valence-corrected chi connectivity index (χ4v) is 3.97. The van der Waals surface area contributed by atoms with Crippen molar-refractivity contribution in [3.8, 4) is 0 Å².